The monoisotopic (exact) mass is 460 g/mol. The molecule has 3 amide bonds. The normalized spacial score (nSPS) is 19.1. The van der Waals surface area contributed by atoms with E-state index in [9.17, 15) is 9.59 Å². The van der Waals surface area contributed by atoms with Gasteiger partial charge in [0.05, 0.1) is 18.5 Å². The van der Waals surface area contributed by atoms with Crippen molar-refractivity contribution in [3.8, 4) is 5.75 Å². The fourth-order valence-electron chi connectivity index (χ4n) is 5.50. The molecule has 5 rings (SSSR count). The van der Waals surface area contributed by atoms with Crippen LogP contribution in [0.2, 0.25) is 0 Å². The Balaban J connectivity index is 1.78. The summed E-state index contributed by atoms with van der Waals surface area (Å²) in [5, 5.41) is 3.99. The smallest absolute Gasteiger partial charge is 0.318 e. The first-order valence-corrected chi connectivity index (χ1v) is 12.1. The predicted molar refractivity (Wildman–Crippen MR) is 133 cm³/mol. The van der Waals surface area contributed by atoms with E-state index >= 15 is 0 Å². The number of nitrogens with one attached hydrogen (secondary N) is 2. The maximum absolute atomic E-state index is 14.5. The molecular formula is C27H32N4O3. The highest BCUT2D eigenvalue weighted by Gasteiger charge is 2.60. The number of methoxy groups -OCH3 is 1. The van der Waals surface area contributed by atoms with Gasteiger partial charge in [-0.25, -0.2) is 4.79 Å². The van der Waals surface area contributed by atoms with Crippen molar-refractivity contribution >= 4 is 28.5 Å². The van der Waals surface area contributed by atoms with E-state index in [1.54, 1.807) is 12.0 Å². The number of anilines is 1. The second kappa shape index (κ2) is 8.38. The Morgan fingerprint density at radius 1 is 1.24 bits per heavy atom. The van der Waals surface area contributed by atoms with Crippen molar-refractivity contribution < 1.29 is 14.3 Å². The third-order valence-electron chi connectivity index (χ3n) is 7.11. The molecule has 1 aromatic heterocycles. The standard InChI is InChI=1S/C27H32N4O3/c1-5-28-26(33)31-15-13-19-20-16-18(34-4)10-11-22(20)29-24(19)27(31)21-8-6-7-9-23(21)30(25(27)32)14-12-17(2)3/h6-11,16-17,29H,5,12-15H2,1-4H3,(H,28,33)/t27-/m1/s1. The van der Waals surface area contributed by atoms with Crippen LogP contribution >= 0.6 is 0 Å². The number of carbonyl (C=O) groups is 2. The zero-order valence-corrected chi connectivity index (χ0v) is 20.3. The lowest BCUT2D eigenvalue weighted by Crippen LogP contribution is -2.61. The summed E-state index contributed by atoms with van der Waals surface area (Å²) in [5.74, 6) is 1.16. The number of fused-ring (bicyclic) bond motifs is 6. The average Bonchev–Trinajstić information content (AvgIpc) is 3.32. The Morgan fingerprint density at radius 3 is 2.76 bits per heavy atom. The Kier molecular flexibility index (Phi) is 5.50. The van der Waals surface area contributed by atoms with Crippen LogP contribution in [0, 0.1) is 5.92 Å². The highest BCUT2D eigenvalue weighted by molar-refractivity contribution is 6.12. The quantitative estimate of drug-likeness (QED) is 0.592. The van der Waals surface area contributed by atoms with Gasteiger partial charge in [0.1, 0.15) is 5.75 Å². The Labute approximate surface area is 200 Å². The van der Waals surface area contributed by atoms with Crippen molar-refractivity contribution in [2.24, 2.45) is 5.92 Å². The number of carbonyl (C=O) groups excluding carboxylic acids is 2. The lowest BCUT2D eigenvalue weighted by molar-refractivity contribution is -0.126. The van der Waals surface area contributed by atoms with Crippen molar-refractivity contribution in [3.05, 3.63) is 59.3 Å². The zero-order chi connectivity index (χ0) is 24.0. The molecule has 0 aliphatic carbocycles. The second-order valence-corrected chi connectivity index (χ2v) is 9.49. The van der Waals surface area contributed by atoms with Gasteiger partial charge < -0.3 is 24.8 Å². The van der Waals surface area contributed by atoms with Crippen molar-refractivity contribution in [1.29, 1.82) is 0 Å². The minimum atomic E-state index is -1.23. The summed E-state index contributed by atoms with van der Waals surface area (Å²) < 4.78 is 5.48. The highest BCUT2D eigenvalue weighted by Crippen LogP contribution is 2.52. The molecule has 1 atom stereocenters. The molecule has 0 radical (unpaired) electrons. The summed E-state index contributed by atoms with van der Waals surface area (Å²) in [4.78, 5) is 35.1. The maximum Gasteiger partial charge on any atom is 0.318 e. The van der Waals surface area contributed by atoms with E-state index in [-0.39, 0.29) is 11.9 Å². The summed E-state index contributed by atoms with van der Waals surface area (Å²) >= 11 is 0. The lowest BCUT2D eigenvalue weighted by Gasteiger charge is -2.43. The first-order valence-electron chi connectivity index (χ1n) is 12.1. The summed E-state index contributed by atoms with van der Waals surface area (Å²) in [6, 6.07) is 13.6. The number of ether oxygens (including phenoxy) is 1. The van der Waals surface area contributed by atoms with E-state index in [1.165, 1.54) is 0 Å². The van der Waals surface area contributed by atoms with Crippen molar-refractivity contribution in [1.82, 2.24) is 15.2 Å². The largest absolute Gasteiger partial charge is 0.497 e. The number of benzene rings is 2. The number of urea groups is 1. The second-order valence-electron chi connectivity index (χ2n) is 9.49. The van der Waals surface area contributed by atoms with Gasteiger partial charge in [-0.15, -0.1) is 0 Å². The van der Waals surface area contributed by atoms with E-state index in [1.807, 2.05) is 54.3 Å². The number of hydrogen-bond acceptors (Lipinski definition) is 3. The number of para-hydroxylation sites is 1. The van der Waals surface area contributed by atoms with E-state index in [2.05, 4.69) is 24.1 Å². The van der Waals surface area contributed by atoms with Crippen LogP contribution in [-0.2, 0) is 16.8 Å². The molecule has 2 aliphatic heterocycles. The fraction of sp³-hybridized carbons (Fsp3) is 0.407. The molecule has 0 saturated carbocycles. The van der Waals surface area contributed by atoms with Gasteiger partial charge in [-0.2, -0.15) is 0 Å². The number of H-pyrrole nitrogens is 1. The fourth-order valence-corrected chi connectivity index (χ4v) is 5.50. The molecule has 0 fully saturated rings. The molecule has 0 unspecified atom stereocenters. The molecule has 34 heavy (non-hydrogen) atoms. The number of aromatic amines is 1. The lowest BCUT2D eigenvalue weighted by atomic mass is 9.80. The minimum Gasteiger partial charge on any atom is -0.497 e. The summed E-state index contributed by atoms with van der Waals surface area (Å²) in [5.41, 5.74) is 3.31. The first kappa shape index (κ1) is 22.3. The van der Waals surface area contributed by atoms with Gasteiger partial charge in [-0.05, 0) is 55.5 Å². The molecule has 1 spiro atoms. The Bertz CT molecular complexity index is 1260. The van der Waals surface area contributed by atoms with Crippen LogP contribution in [0.25, 0.3) is 10.9 Å². The molecule has 0 bridgehead atoms. The van der Waals surface area contributed by atoms with Gasteiger partial charge in [0.15, 0.2) is 5.54 Å². The number of rotatable bonds is 5. The number of aromatic nitrogens is 1. The van der Waals surface area contributed by atoms with E-state index in [0.717, 1.165) is 45.6 Å². The summed E-state index contributed by atoms with van der Waals surface area (Å²) in [6.07, 6.45) is 1.54. The van der Waals surface area contributed by atoms with Crippen molar-refractivity contribution in [2.75, 3.05) is 31.6 Å². The molecule has 178 valence electrons. The summed E-state index contributed by atoms with van der Waals surface area (Å²) in [7, 11) is 1.65. The van der Waals surface area contributed by atoms with Crippen LogP contribution < -0.4 is 15.0 Å². The van der Waals surface area contributed by atoms with Gasteiger partial charge in [-0.1, -0.05) is 32.0 Å². The molecule has 3 heterocycles. The third-order valence-corrected chi connectivity index (χ3v) is 7.11. The van der Waals surface area contributed by atoms with Gasteiger partial charge in [0.2, 0.25) is 0 Å². The third kappa shape index (κ3) is 3.10. The van der Waals surface area contributed by atoms with Gasteiger partial charge in [0.25, 0.3) is 5.91 Å². The minimum absolute atomic E-state index is 0.0694. The van der Waals surface area contributed by atoms with Crippen LogP contribution in [0.4, 0.5) is 10.5 Å². The number of nitrogens with zero attached hydrogens (tertiary/aromatic N) is 2. The van der Waals surface area contributed by atoms with Gasteiger partial charge in [-0.3, -0.25) is 4.79 Å². The Hall–Kier alpha value is -3.48. The maximum atomic E-state index is 14.5. The SMILES string of the molecule is CCNC(=O)N1CCc2c([nH]c3ccc(OC)cc23)[C@]12C(=O)N(CCC(C)C)c1ccccc12. The first-order chi connectivity index (χ1) is 16.4. The predicted octanol–water partition coefficient (Wildman–Crippen LogP) is 4.40. The molecule has 3 aromatic rings. The molecule has 7 heteroatoms. The van der Waals surface area contributed by atoms with Gasteiger partial charge in [0, 0.05) is 36.1 Å². The molecular weight excluding hydrogens is 428 g/mol. The molecule has 2 aliphatic rings. The van der Waals surface area contributed by atoms with Crippen LogP contribution in [0.1, 0.15) is 44.0 Å². The van der Waals surface area contributed by atoms with E-state index < -0.39 is 5.54 Å². The highest BCUT2D eigenvalue weighted by atomic mass is 16.5. The number of amides is 3. The van der Waals surface area contributed by atoms with Gasteiger partial charge >= 0.3 is 6.03 Å². The van der Waals surface area contributed by atoms with E-state index in [4.69, 9.17) is 4.74 Å². The molecule has 2 N–H and O–H groups in total. The van der Waals surface area contributed by atoms with Crippen molar-refractivity contribution in [2.45, 2.75) is 39.2 Å². The number of hydrogen-bond donors (Lipinski definition) is 2. The van der Waals surface area contributed by atoms with Crippen LogP contribution in [-0.4, -0.2) is 48.6 Å². The van der Waals surface area contributed by atoms with Crippen LogP contribution in [0.5, 0.6) is 5.75 Å². The summed E-state index contributed by atoms with van der Waals surface area (Å²) in [6.45, 7) is 7.77. The van der Waals surface area contributed by atoms with Crippen molar-refractivity contribution in [3.63, 3.8) is 0 Å². The average molecular weight is 461 g/mol. The topological polar surface area (TPSA) is 77.7 Å². The van der Waals surface area contributed by atoms with Crippen LogP contribution in [0.3, 0.4) is 0 Å². The molecule has 7 nitrogen and oxygen atoms in total. The van der Waals surface area contributed by atoms with Crippen LogP contribution in [0.15, 0.2) is 42.5 Å². The Morgan fingerprint density at radius 2 is 2.03 bits per heavy atom. The molecule has 2 aromatic carbocycles. The molecule has 0 saturated heterocycles. The van der Waals surface area contributed by atoms with E-state index in [0.29, 0.717) is 32.0 Å². The zero-order valence-electron chi connectivity index (χ0n) is 20.3.